The lowest BCUT2D eigenvalue weighted by molar-refractivity contribution is 0.233. The van der Waals surface area contributed by atoms with Gasteiger partial charge in [0.2, 0.25) is 0 Å². The van der Waals surface area contributed by atoms with Crippen LogP contribution in [0.15, 0.2) is 30.3 Å². The molecule has 0 aromatic heterocycles. The standard InChI is InChI=1S/C27H44O/c1-4-7-9-10-11-13-24-14-16-25(17-15-24)26-18-20-27(21-19-26)28-22-23(6-3)12-8-5-2/h16,18-21,23-24H,4-15,17,22H2,1-3H3. The second-order valence-corrected chi connectivity index (χ2v) is 8.82. The Balaban J connectivity index is 1.74. The van der Waals surface area contributed by atoms with E-state index in [4.69, 9.17) is 4.74 Å². The summed E-state index contributed by atoms with van der Waals surface area (Å²) in [4.78, 5) is 0. The lowest BCUT2D eigenvalue weighted by Gasteiger charge is -2.22. The number of hydrogen-bond acceptors (Lipinski definition) is 1. The fourth-order valence-corrected chi connectivity index (χ4v) is 4.33. The monoisotopic (exact) mass is 384 g/mol. The largest absolute Gasteiger partial charge is 0.493 e. The van der Waals surface area contributed by atoms with Crippen molar-refractivity contribution >= 4 is 5.57 Å². The van der Waals surface area contributed by atoms with Crippen molar-refractivity contribution in [2.75, 3.05) is 6.61 Å². The summed E-state index contributed by atoms with van der Waals surface area (Å²) in [6.07, 6.45) is 20.0. The van der Waals surface area contributed by atoms with Gasteiger partial charge in [-0.25, -0.2) is 0 Å². The number of benzene rings is 1. The zero-order valence-electron chi connectivity index (χ0n) is 18.8. The summed E-state index contributed by atoms with van der Waals surface area (Å²) in [5, 5.41) is 0. The number of allylic oxidation sites excluding steroid dienone is 2. The number of unbranched alkanes of at least 4 members (excludes halogenated alkanes) is 5. The molecule has 1 aliphatic carbocycles. The third-order valence-corrected chi connectivity index (χ3v) is 6.49. The van der Waals surface area contributed by atoms with Crippen molar-refractivity contribution in [3.8, 4) is 5.75 Å². The molecule has 1 aromatic rings. The molecule has 1 nitrogen and oxygen atoms in total. The molecule has 0 N–H and O–H groups in total. The van der Waals surface area contributed by atoms with Crippen molar-refractivity contribution < 1.29 is 4.74 Å². The van der Waals surface area contributed by atoms with E-state index < -0.39 is 0 Å². The second-order valence-electron chi connectivity index (χ2n) is 8.82. The van der Waals surface area contributed by atoms with Gasteiger partial charge in [-0.15, -0.1) is 0 Å². The normalized spacial score (nSPS) is 18.0. The van der Waals surface area contributed by atoms with Crippen LogP contribution in [0.1, 0.15) is 110 Å². The van der Waals surface area contributed by atoms with E-state index in [9.17, 15) is 0 Å². The van der Waals surface area contributed by atoms with Gasteiger partial charge >= 0.3 is 0 Å². The van der Waals surface area contributed by atoms with Gasteiger partial charge in [-0.1, -0.05) is 96.8 Å². The summed E-state index contributed by atoms with van der Waals surface area (Å²) in [5.41, 5.74) is 2.94. The highest BCUT2D eigenvalue weighted by atomic mass is 16.5. The minimum atomic E-state index is 0.694. The molecule has 0 bridgehead atoms. The third-order valence-electron chi connectivity index (χ3n) is 6.49. The molecule has 2 unspecified atom stereocenters. The molecule has 28 heavy (non-hydrogen) atoms. The van der Waals surface area contributed by atoms with Crippen molar-refractivity contribution in [1.29, 1.82) is 0 Å². The fraction of sp³-hybridized carbons (Fsp3) is 0.704. The van der Waals surface area contributed by atoms with Crippen molar-refractivity contribution in [2.24, 2.45) is 11.8 Å². The van der Waals surface area contributed by atoms with Crippen LogP contribution in [0, 0.1) is 11.8 Å². The highest BCUT2D eigenvalue weighted by molar-refractivity contribution is 5.66. The molecule has 1 aromatic carbocycles. The van der Waals surface area contributed by atoms with Crippen LogP contribution < -0.4 is 4.74 Å². The fourth-order valence-electron chi connectivity index (χ4n) is 4.33. The van der Waals surface area contributed by atoms with Crippen LogP contribution in [0.25, 0.3) is 5.57 Å². The Bertz CT molecular complexity index is 542. The molecule has 0 spiro atoms. The zero-order chi connectivity index (χ0) is 20.0. The highest BCUT2D eigenvalue weighted by Crippen LogP contribution is 2.33. The number of rotatable bonds is 14. The SMILES string of the molecule is CCCCCCCC1CC=C(c2ccc(OCC(CC)CCCC)cc2)CC1. The van der Waals surface area contributed by atoms with E-state index >= 15 is 0 Å². The maximum atomic E-state index is 6.07. The molecule has 0 amide bonds. The molecule has 158 valence electrons. The van der Waals surface area contributed by atoms with Crippen LogP contribution in [0.3, 0.4) is 0 Å². The molecule has 0 aliphatic heterocycles. The zero-order valence-corrected chi connectivity index (χ0v) is 18.8. The van der Waals surface area contributed by atoms with Gasteiger partial charge in [0.25, 0.3) is 0 Å². The quantitative estimate of drug-likeness (QED) is 0.291. The summed E-state index contributed by atoms with van der Waals surface area (Å²) < 4.78 is 6.07. The third kappa shape index (κ3) is 8.41. The minimum Gasteiger partial charge on any atom is -0.493 e. The molecule has 0 fully saturated rings. The van der Waals surface area contributed by atoms with E-state index in [1.165, 1.54) is 89.0 Å². The molecule has 0 heterocycles. The van der Waals surface area contributed by atoms with Gasteiger partial charge in [-0.3, -0.25) is 0 Å². The first-order valence-corrected chi connectivity index (χ1v) is 12.2. The van der Waals surface area contributed by atoms with Gasteiger partial charge in [-0.2, -0.15) is 0 Å². The van der Waals surface area contributed by atoms with Crippen LogP contribution >= 0.6 is 0 Å². The average Bonchev–Trinajstić information content (AvgIpc) is 2.75. The molecular formula is C27H44O. The van der Waals surface area contributed by atoms with Crippen molar-refractivity contribution in [1.82, 2.24) is 0 Å². The summed E-state index contributed by atoms with van der Waals surface area (Å²) in [6, 6.07) is 8.86. The molecule has 2 rings (SSSR count). The summed E-state index contributed by atoms with van der Waals surface area (Å²) in [6.45, 7) is 7.70. The minimum absolute atomic E-state index is 0.694. The first kappa shape index (κ1) is 23.0. The topological polar surface area (TPSA) is 9.23 Å². The molecule has 1 heteroatoms. The maximum absolute atomic E-state index is 6.07. The second kappa shape index (κ2) is 13.9. The van der Waals surface area contributed by atoms with Gasteiger partial charge < -0.3 is 4.74 Å². The highest BCUT2D eigenvalue weighted by Gasteiger charge is 2.15. The molecule has 2 atom stereocenters. The van der Waals surface area contributed by atoms with Crippen molar-refractivity contribution in [3.05, 3.63) is 35.9 Å². The number of ether oxygens (including phenoxy) is 1. The van der Waals surface area contributed by atoms with Gasteiger partial charge in [0.05, 0.1) is 6.61 Å². The van der Waals surface area contributed by atoms with E-state index in [0.717, 1.165) is 18.3 Å². The van der Waals surface area contributed by atoms with Crippen LogP contribution in [-0.4, -0.2) is 6.61 Å². The van der Waals surface area contributed by atoms with Crippen LogP contribution in [0.5, 0.6) is 5.75 Å². The molecule has 1 aliphatic rings. The van der Waals surface area contributed by atoms with Crippen molar-refractivity contribution in [2.45, 2.75) is 104 Å². The summed E-state index contributed by atoms with van der Waals surface area (Å²) in [5.74, 6) is 2.64. The predicted molar refractivity (Wildman–Crippen MR) is 124 cm³/mol. The Morgan fingerprint density at radius 2 is 1.68 bits per heavy atom. The molecule has 0 radical (unpaired) electrons. The van der Waals surface area contributed by atoms with Gasteiger partial charge in [-0.05, 0) is 60.8 Å². The van der Waals surface area contributed by atoms with Crippen LogP contribution in [0.4, 0.5) is 0 Å². The van der Waals surface area contributed by atoms with Crippen LogP contribution in [0.2, 0.25) is 0 Å². The lowest BCUT2D eigenvalue weighted by atomic mass is 9.84. The first-order valence-electron chi connectivity index (χ1n) is 12.2. The Morgan fingerprint density at radius 1 is 0.929 bits per heavy atom. The van der Waals surface area contributed by atoms with E-state index in [2.05, 4.69) is 51.1 Å². The summed E-state index contributed by atoms with van der Waals surface area (Å²) >= 11 is 0. The van der Waals surface area contributed by atoms with Crippen LogP contribution in [-0.2, 0) is 0 Å². The van der Waals surface area contributed by atoms with Gasteiger partial charge in [0, 0.05) is 0 Å². The molecular weight excluding hydrogens is 340 g/mol. The predicted octanol–water partition coefficient (Wildman–Crippen LogP) is 8.83. The average molecular weight is 385 g/mol. The van der Waals surface area contributed by atoms with Gasteiger partial charge in [0.1, 0.15) is 5.75 Å². The van der Waals surface area contributed by atoms with Gasteiger partial charge in [0.15, 0.2) is 0 Å². The smallest absolute Gasteiger partial charge is 0.119 e. The Hall–Kier alpha value is -1.24. The van der Waals surface area contributed by atoms with E-state index in [-0.39, 0.29) is 0 Å². The van der Waals surface area contributed by atoms with E-state index in [0.29, 0.717) is 5.92 Å². The maximum Gasteiger partial charge on any atom is 0.119 e. The van der Waals surface area contributed by atoms with E-state index in [1.54, 1.807) is 5.57 Å². The first-order chi connectivity index (χ1) is 13.8. The Morgan fingerprint density at radius 3 is 2.32 bits per heavy atom. The Kier molecular flexibility index (Phi) is 11.4. The lowest BCUT2D eigenvalue weighted by Crippen LogP contribution is -2.11. The molecule has 0 saturated heterocycles. The van der Waals surface area contributed by atoms with E-state index in [1.807, 2.05) is 0 Å². The number of hydrogen-bond donors (Lipinski definition) is 0. The Labute approximate surface area is 175 Å². The van der Waals surface area contributed by atoms with Crippen molar-refractivity contribution in [3.63, 3.8) is 0 Å². The summed E-state index contributed by atoms with van der Waals surface area (Å²) in [7, 11) is 0. The molecule has 0 saturated carbocycles.